The number of carbonyl (C=O) groups is 1. The summed E-state index contributed by atoms with van der Waals surface area (Å²) in [6, 6.07) is 8.25. The second-order valence-electron chi connectivity index (χ2n) is 6.14. The fourth-order valence-electron chi connectivity index (χ4n) is 3.29. The van der Waals surface area contributed by atoms with E-state index >= 15 is 0 Å². The van der Waals surface area contributed by atoms with Crippen LogP contribution in [-0.2, 0) is 19.3 Å². The maximum atomic E-state index is 13.6. The summed E-state index contributed by atoms with van der Waals surface area (Å²) in [5.74, 6) is 1.31. The fourth-order valence-corrected chi connectivity index (χ4v) is 3.29. The first-order valence-electron chi connectivity index (χ1n) is 8.45. The lowest BCUT2D eigenvalue weighted by atomic mass is 10.0. The van der Waals surface area contributed by atoms with E-state index in [2.05, 4.69) is 10.6 Å². The van der Waals surface area contributed by atoms with Gasteiger partial charge < -0.3 is 20.1 Å². The molecule has 0 radical (unpaired) electrons. The average molecular weight is 342 g/mol. The Morgan fingerprint density at radius 2 is 2.00 bits per heavy atom. The van der Waals surface area contributed by atoms with Crippen molar-refractivity contribution in [1.82, 2.24) is 5.32 Å². The van der Waals surface area contributed by atoms with Gasteiger partial charge in [-0.05, 0) is 24.1 Å². The number of amides is 2. The molecule has 2 amide bonds. The minimum atomic E-state index is -0.325. The smallest absolute Gasteiger partial charge is 0.319 e. The SMILES string of the molecule is O=C(NCCc1ccccc1F)Nc1c2c(cc3c1OCC3)OCC2. The lowest BCUT2D eigenvalue weighted by Crippen LogP contribution is -2.31. The van der Waals surface area contributed by atoms with Crippen LogP contribution in [0.3, 0.4) is 0 Å². The van der Waals surface area contributed by atoms with Gasteiger partial charge in [0.1, 0.15) is 17.3 Å². The van der Waals surface area contributed by atoms with Crippen LogP contribution < -0.4 is 20.1 Å². The molecule has 2 N–H and O–H groups in total. The molecule has 2 heterocycles. The Balaban J connectivity index is 1.43. The zero-order valence-corrected chi connectivity index (χ0v) is 13.7. The third-order valence-electron chi connectivity index (χ3n) is 4.53. The largest absolute Gasteiger partial charge is 0.493 e. The van der Waals surface area contributed by atoms with Crippen molar-refractivity contribution in [2.75, 3.05) is 25.1 Å². The van der Waals surface area contributed by atoms with Crippen LogP contribution in [0.15, 0.2) is 30.3 Å². The first-order chi connectivity index (χ1) is 12.2. The normalized spacial score (nSPS) is 14.3. The molecule has 0 saturated carbocycles. The maximum Gasteiger partial charge on any atom is 0.319 e. The predicted molar refractivity (Wildman–Crippen MR) is 92.0 cm³/mol. The molecular formula is C19H19FN2O3. The van der Waals surface area contributed by atoms with E-state index in [-0.39, 0.29) is 11.8 Å². The van der Waals surface area contributed by atoms with Gasteiger partial charge in [0.25, 0.3) is 0 Å². The molecule has 2 aromatic rings. The summed E-state index contributed by atoms with van der Waals surface area (Å²) in [6.07, 6.45) is 2.00. The van der Waals surface area contributed by atoms with Gasteiger partial charge in [-0.15, -0.1) is 0 Å². The number of ether oxygens (including phenoxy) is 2. The van der Waals surface area contributed by atoms with Gasteiger partial charge >= 0.3 is 6.03 Å². The van der Waals surface area contributed by atoms with Crippen LogP contribution in [0.1, 0.15) is 16.7 Å². The molecule has 0 atom stereocenters. The van der Waals surface area contributed by atoms with E-state index < -0.39 is 0 Å². The molecule has 6 heteroatoms. The number of urea groups is 1. The average Bonchev–Trinajstić information content (AvgIpc) is 3.25. The summed E-state index contributed by atoms with van der Waals surface area (Å²) in [7, 11) is 0. The predicted octanol–water partition coefficient (Wildman–Crippen LogP) is 3.06. The molecule has 5 nitrogen and oxygen atoms in total. The molecular weight excluding hydrogens is 323 g/mol. The number of carbonyl (C=O) groups excluding carboxylic acids is 1. The minimum absolute atomic E-state index is 0.256. The quantitative estimate of drug-likeness (QED) is 0.898. The first-order valence-corrected chi connectivity index (χ1v) is 8.45. The van der Waals surface area contributed by atoms with Crippen LogP contribution in [0.2, 0.25) is 0 Å². The van der Waals surface area contributed by atoms with Gasteiger partial charge in [0.15, 0.2) is 0 Å². The fraction of sp³-hybridized carbons (Fsp3) is 0.316. The Morgan fingerprint density at radius 3 is 2.88 bits per heavy atom. The Bertz CT molecular complexity index is 790. The molecule has 0 spiro atoms. The van der Waals surface area contributed by atoms with Gasteiger partial charge in [0.05, 0.1) is 18.9 Å². The van der Waals surface area contributed by atoms with Crippen LogP contribution in [0.25, 0.3) is 0 Å². The summed E-state index contributed by atoms with van der Waals surface area (Å²) < 4.78 is 24.9. The van der Waals surface area contributed by atoms with Crippen LogP contribution in [0.5, 0.6) is 11.5 Å². The van der Waals surface area contributed by atoms with Gasteiger partial charge in [-0.25, -0.2) is 9.18 Å². The number of benzene rings is 2. The number of halogens is 1. The van der Waals surface area contributed by atoms with Gasteiger partial charge in [0.2, 0.25) is 0 Å². The van der Waals surface area contributed by atoms with E-state index in [0.717, 1.165) is 35.5 Å². The van der Waals surface area contributed by atoms with Crippen molar-refractivity contribution in [1.29, 1.82) is 0 Å². The zero-order valence-electron chi connectivity index (χ0n) is 13.7. The van der Waals surface area contributed by atoms with Crippen LogP contribution >= 0.6 is 0 Å². The van der Waals surface area contributed by atoms with Crippen LogP contribution in [0, 0.1) is 5.82 Å². The standard InChI is InChI=1S/C19H19FN2O3/c20-15-4-2-1-3-12(15)5-8-21-19(23)22-17-14-7-10-24-16(14)11-13-6-9-25-18(13)17/h1-4,11H,5-10H2,(H2,21,22,23). The van der Waals surface area contributed by atoms with Crippen molar-refractivity contribution in [2.45, 2.75) is 19.3 Å². The van der Waals surface area contributed by atoms with Crippen molar-refractivity contribution >= 4 is 11.7 Å². The number of hydrogen-bond donors (Lipinski definition) is 2. The second kappa shape index (κ2) is 6.63. The summed E-state index contributed by atoms with van der Waals surface area (Å²) in [6.45, 7) is 1.57. The van der Waals surface area contributed by atoms with E-state index in [1.165, 1.54) is 6.07 Å². The molecule has 2 aromatic carbocycles. The van der Waals surface area contributed by atoms with E-state index in [4.69, 9.17) is 9.47 Å². The summed E-state index contributed by atoms with van der Waals surface area (Å²) in [5, 5.41) is 5.67. The highest BCUT2D eigenvalue weighted by Gasteiger charge is 2.27. The number of hydrogen-bond acceptors (Lipinski definition) is 3. The van der Waals surface area contributed by atoms with Crippen LogP contribution in [-0.4, -0.2) is 25.8 Å². The number of fused-ring (bicyclic) bond motifs is 2. The van der Waals surface area contributed by atoms with E-state index in [1.54, 1.807) is 18.2 Å². The molecule has 0 aliphatic carbocycles. The Labute approximate surface area is 145 Å². The van der Waals surface area contributed by atoms with Crippen molar-refractivity contribution in [2.24, 2.45) is 0 Å². The molecule has 25 heavy (non-hydrogen) atoms. The molecule has 4 rings (SSSR count). The molecule has 0 saturated heterocycles. The molecule has 0 unspecified atom stereocenters. The van der Waals surface area contributed by atoms with E-state index in [0.29, 0.717) is 37.4 Å². The summed E-state index contributed by atoms with van der Waals surface area (Å²) in [5.41, 5.74) is 3.32. The van der Waals surface area contributed by atoms with Crippen LogP contribution in [0.4, 0.5) is 14.9 Å². The van der Waals surface area contributed by atoms with E-state index in [9.17, 15) is 9.18 Å². The number of nitrogens with one attached hydrogen (secondary N) is 2. The molecule has 0 fully saturated rings. The number of anilines is 1. The Hall–Kier alpha value is -2.76. The van der Waals surface area contributed by atoms with Gasteiger partial charge in [-0.1, -0.05) is 18.2 Å². The second-order valence-corrected chi connectivity index (χ2v) is 6.14. The van der Waals surface area contributed by atoms with Crippen molar-refractivity contribution in [3.05, 3.63) is 52.8 Å². The third-order valence-corrected chi connectivity index (χ3v) is 4.53. The van der Waals surface area contributed by atoms with Crippen molar-refractivity contribution in [3.8, 4) is 11.5 Å². The van der Waals surface area contributed by atoms with Crippen molar-refractivity contribution < 1.29 is 18.7 Å². The van der Waals surface area contributed by atoms with Gasteiger partial charge in [0, 0.05) is 30.5 Å². The summed E-state index contributed by atoms with van der Waals surface area (Å²) in [4.78, 5) is 12.3. The maximum absolute atomic E-state index is 13.6. The number of rotatable bonds is 4. The highest BCUT2D eigenvalue weighted by atomic mass is 19.1. The molecule has 130 valence electrons. The lowest BCUT2D eigenvalue weighted by Gasteiger charge is -2.14. The Morgan fingerprint density at radius 1 is 1.16 bits per heavy atom. The minimum Gasteiger partial charge on any atom is -0.493 e. The van der Waals surface area contributed by atoms with Gasteiger partial charge in [-0.3, -0.25) is 0 Å². The highest BCUT2D eigenvalue weighted by molar-refractivity contribution is 5.93. The topological polar surface area (TPSA) is 59.6 Å². The van der Waals surface area contributed by atoms with Crippen molar-refractivity contribution in [3.63, 3.8) is 0 Å². The highest BCUT2D eigenvalue weighted by Crippen LogP contribution is 2.44. The van der Waals surface area contributed by atoms with Gasteiger partial charge in [-0.2, -0.15) is 0 Å². The summed E-state index contributed by atoms with van der Waals surface area (Å²) >= 11 is 0. The molecule has 2 aliphatic rings. The monoisotopic (exact) mass is 342 g/mol. The first kappa shape index (κ1) is 15.7. The zero-order chi connectivity index (χ0) is 17.2. The van der Waals surface area contributed by atoms with E-state index in [1.807, 2.05) is 6.07 Å². The lowest BCUT2D eigenvalue weighted by molar-refractivity contribution is 0.252. The Kier molecular flexibility index (Phi) is 4.17. The third kappa shape index (κ3) is 3.12. The molecule has 0 aromatic heterocycles. The molecule has 2 aliphatic heterocycles. The molecule has 0 bridgehead atoms.